The third-order valence-corrected chi connectivity index (χ3v) is 7.82. The molecule has 0 spiro atoms. The van der Waals surface area contributed by atoms with E-state index in [4.69, 9.17) is 4.42 Å². The van der Waals surface area contributed by atoms with Crippen LogP contribution >= 0.6 is 0 Å². The molecule has 0 amide bonds. The van der Waals surface area contributed by atoms with Gasteiger partial charge in [0.05, 0.1) is 4.90 Å². The maximum absolute atomic E-state index is 13.4. The van der Waals surface area contributed by atoms with Crippen LogP contribution in [0, 0.1) is 0 Å². The second kappa shape index (κ2) is 9.91. The van der Waals surface area contributed by atoms with E-state index in [0.717, 1.165) is 5.56 Å². The summed E-state index contributed by atoms with van der Waals surface area (Å²) in [5.74, 6) is 1.05. The minimum absolute atomic E-state index is 0.187. The van der Waals surface area contributed by atoms with Crippen molar-refractivity contribution in [2.45, 2.75) is 49.0 Å². The second-order valence-corrected chi connectivity index (χ2v) is 10.4. The number of nitrogens with zero attached hydrogens (tertiary/aromatic N) is 2. The Morgan fingerprint density at radius 1 is 0.794 bits per heavy atom. The molecule has 4 aromatic rings. The van der Waals surface area contributed by atoms with Gasteiger partial charge in [-0.15, -0.1) is 10.2 Å². The summed E-state index contributed by atoms with van der Waals surface area (Å²) < 4.78 is 35.4. The molecular weight excluding hydrogens is 446 g/mol. The van der Waals surface area contributed by atoms with Gasteiger partial charge in [-0.1, -0.05) is 79.9 Å². The van der Waals surface area contributed by atoms with Crippen LogP contribution in [-0.4, -0.2) is 18.6 Å². The lowest BCUT2D eigenvalue weighted by Gasteiger charge is -2.22. The van der Waals surface area contributed by atoms with Gasteiger partial charge >= 0.3 is 0 Å². The van der Waals surface area contributed by atoms with Gasteiger partial charge in [-0.2, -0.15) is 4.72 Å². The Kier molecular flexibility index (Phi) is 6.56. The fourth-order valence-corrected chi connectivity index (χ4v) is 5.71. The molecule has 0 radical (unpaired) electrons. The van der Waals surface area contributed by atoms with Crippen molar-refractivity contribution < 1.29 is 12.8 Å². The maximum atomic E-state index is 13.4. The van der Waals surface area contributed by atoms with Crippen LogP contribution < -0.4 is 4.72 Å². The fourth-order valence-electron chi connectivity index (χ4n) is 4.53. The number of hydrogen-bond donors (Lipinski definition) is 1. The van der Waals surface area contributed by atoms with E-state index in [1.165, 1.54) is 37.7 Å². The van der Waals surface area contributed by atoms with Crippen molar-refractivity contribution in [2.75, 3.05) is 0 Å². The smallest absolute Gasteiger partial charge is 0.247 e. The maximum Gasteiger partial charge on any atom is 0.247 e. The number of aromatic nitrogens is 2. The molecule has 5 rings (SSSR count). The van der Waals surface area contributed by atoms with E-state index in [1.54, 1.807) is 12.1 Å². The second-order valence-electron chi connectivity index (χ2n) is 8.68. The van der Waals surface area contributed by atoms with Gasteiger partial charge in [0, 0.05) is 5.56 Å². The zero-order chi connectivity index (χ0) is 23.4. The van der Waals surface area contributed by atoms with E-state index in [1.807, 2.05) is 72.8 Å². The normalized spacial score (nSPS) is 15.8. The Labute approximate surface area is 200 Å². The first-order valence-corrected chi connectivity index (χ1v) is 13.1. The molecule has 1 fully saturated rings. The van der Waals surface area contributed by atoms with Gasteiger partial charge in [0.25, 0.3) is 0 Å². The van der Waals surface area contributed by atoms with E-state index >= 15 is 0 Å². The first-order valence-electron chi connectivity index (χ1n) is 11.7. The molecule has 1 aliphatic carbocycles. The van der Waals surface area contributed by atoms with Crippen LogP contribution in [0.1, 0.15) is 61.1 Å². The molecule has 1 N–H and O–H groups in total. The molecule has 1 aliphatic rings. The van der Waals surface area contributed by atoms with Crippen LogP contribution in [0.15, 0.2) is 94.2 Å². The lowest BCUT2D eigenvalue weighted by molar-refractivity contribution is 0.443. The van der Waals surface area contributed by atoms with E-state index in [9.17, 15) is 8.42 Å². The van der Waals surface area contributed by atoms with Crippen molar-refractivity contribution in [1.29, 1.82) is 0 Å². The average Bonchev–Trinajstić information content (AvgIpc) is 3.39. The molecule has 7 heteroatoms. The Bertz CT molecular complexity index is 1310. The summed E-state index contributed by atoms with van der Waals surface area (Å²) in [5, 5.41) is 8.33. The molecule has 6 nitrogen and oxygen atoms in total. The van der Waals surface area contributed by atoms with E-state index < -0.39 is 16.1 Å². The first-order chi connectivity index (χ1) is 16.6. The predicted molar refractivity (Wildman–Crippen MR) is 131 cm³/mol. The lowest BCUT2D eigenvalue weighted by atomic mass is 9.84. The highest BCUT2D eigenvalue weighted by Gasteiger charge is 2.28. The van der Waals surface area contributed by atoms with Gasteiger partial charge in [-0.3, -0.25) is 0 Å². The van der Waals surface area contributed by atoms with Gasteiger partial charge in [-0.25, -0.2) is 8.42 Å². The monoisotopic (exact) mass is 473 g/mol. The number of nitrogens with one attached hydrogen (secondary N) is 1. The van der Waals surface area contributed by atoms with Crippen molar-refractivity contribution in [3.63, 3.8) is 0 Å². The number of hydrogen-bond acceptors (Lipinski definition) is 5. The van der Waals surface area contributed by atoms with Gasteiger partial charge in [0.2, 0.25) is 21.8 Å². The van der Waals surface area contributed by atoms with E-state index in [-0.39, 0.29) is 10.8 Å². The van der Waals surface area contributed by atoms with Gasteiger partial charge in [0.1, 0.15) is 6.04 Å². The fraction of sp³-hybridized carbons (Fsp3) is 0.259. The topological polar surface area (TPSA) is 85.1 Å². The predicted octanol–water partition coefficient (Wildman–Crippen LogP) is 5.85. The Balaban J connectivity index is 1.43. The van der Waals surface area contributed by atoms with Crippen molar-refractivity contribution >= 4 is 10.0 Å². The summed E-state index contributed by atoms with van der Waals surface area (Å²) >= 11 is 0. The van der Waals surface area contributed by atoms with Crippen LogP contribution in [0.4, 0.5) is 0 Å². The van der Waals surface area contributed by atoms with E-state index in [2.05, 4.69) is 14.9 Å². The number of rotatable bonds is 7. The van der Waals surface area contributed by atoms with Gasteiger partial charge in [-0.05, 0) is 54.2 Å². The highest BCUT2D eigenvalue weighted by molar-refractivity contribution is 7.89. The standard InChI is InChI=1S/C27H27N3O3S/c31-34(32,24-18-16-21(17-19-24)20-10-4-1-5-11-20)30-25(22-12-6-2-7-13-22)27-29-28-26(33-27)23-14-8-3-9-15-23/h2-3,6-9,12-20,25,30H,1,4-5,10-11H2. The summed E-state index contributed by atoms with van der Waals surface area (Å²) in [6, 6.07) is 25.1. The number of sulfonamides is 1. The molecule has 1 unspecified atom stereocenters. The SMILES string of the molecule is O=S(=O)(NC(c1ccccc1)c1nnc(-c2ccccc2)o1)c1ccc(C2CCCCC2)cc1. The van der Waals surface area contributed by atoms with Crippen LogP contribution in [0.25, 0.3) is 11.5 Å². The Morgan fingerprint density at radius 2 is 1.44 bits per heavy atom. The zero-order valence-electron chi connectivity index (χ0n) is 18.8. The minimum Gasteiger partial charge on any atom is -0.419 e. The largest absolute Gasteiger partial charge is 0.419 e. The highest BCUT2D eigenvalue weighted by atomic mass is 32.2. The summed E-state index contributed by atoms with van der Waals surface area (Å²) in [6.45, 7) is 0. The molecule has 1 heterocycles. The Hall–Kier alpha value is -3.29. The first kappa shape index (κ1) is 22.5. The van der Waals surface area contributed by atoms with Crippen LogP contribution in [0.5, 0.6) is 0 Å². The highest BCUT2D eigenvalue weighted by Crippen LogP contribution is 2.33. The van der Waals surface area contributed by atoms with Crippen molar-refractivity contribution in [3.05, 3.63) is 102 Å². The molecule has 1 aromatic heterocycles. The summed E-state index contributed by atoms with van der Waals surface area (Å²) in [4.78, 5) is 0.218. The molecule has 0 aliphatic heterocycles. The summed E-state index contributed by atoms with van der Waals surface area (Å²) in [7, 11) is -3.84. The zero-order valence-corrected chi connectivity index (χ0v) is 19.6. The van der Waals surface area contributed by atoms with Crippen LogP contribution in [0.3, 0.4) is 0 Å². The minimum atomic E-state index is -3.84. The molecule has 0 saturated heterocycles. The lowest BCUT2D eigenvalue weighted by Crippen LogP contribution is -2.29. The molecule has 34 heavy (non-hydrogen) atoms. The molecule has 0 bridgehead atoms. The quantitative estimate of drug-likeness (QED) is 0.364. The third kappa shape index (κ3) is 4.95. The van der Waals surface area contributed by atoms with Gasteiger partial charge in [0.15, 0.2) is 0 Å². The van der Waals surface area contributed by atoms with E-state index in [0.29, 0.717) is 17.4 Å². The van der Waals surface area contributed by atoms with Crippen molar-refractivity contribution in [3.8, 4) is 11.5 Å². The van der Waals surface area contributed by atoms with Gasteiger partial charge < -0.3 is 4.42 Å². The van der Waals surface area contributed by atoms with Crippen LogP contribution in [0.2, 0.25) is 0 Å². The summed E-state index contributed by atoms with van der Waals surface area (Å²) in [5.41, 5.74) is 2.70. The summed E-state index contributed by atoms with van der Waals surface area (Å²) in [6.07, 6.45) is 6.10. The molecule has 1 saturated carbocycles. The molecule has 1 atom stereocenters. The molecule has 3 aromatic carbocycles. The van der Waals surface area contributed by atoms with Crippen molar-refractivity contribution in [2.24, 2.45) is 0 Å². The number of benzene rings is 3. The average molecular weight is 474 g/mol. The molecule has 174 valence electrons. The van der Waals surface area contributed by atoms with Crippen LogP contribution in [-0.2, 0) is 10.0 Å². The third-order valence-electron chi connectivity index (χ3n) is 6.38. The van der Waals surface area contributed by atoms with Crippen molar-refractivity contribution in [1.82, 2.24) is 14.9 Å². The Morgan fingerprint density at radius 3 is 2.12 bits per heavy atom. The molecular formula is C27H27N3O3S.